The maximum Gasteiger partial charge on any atom is 0.268 e. The first-order valence-electron chi connectivity index (χ1n) is 27.1. The molecule has 0 saturated heterocycles. The number of quaternary nitrogens is 1. The number of phosphoric acid groups is 1. The zero-order valence-corrected chi connectivity index (χ0v) is 43.0. The van der Waals surface area contributed by atoms with Crippen molar-refractivity contribution in [2.75, 3.05) is 40.9 Å². The van der Waals surface area contributed by atoms with Crippen molar-refractivity contribution in [1.29, 1.82) is 0 Å². The number of nitrogens with one attached hydrogen (secondary N) is 1. The van der Waals surface area contributed by atoms with E-state index in [4.69, 9.17) is 9.05 Å². The first-order chi connectivity index (χ1) is 30.0. The van der Waals surface area contributed by atoms with E-state index < -0.39 is 20.0 Å². The zero-order chi connectivity index (χ0) is 45.7. The van der Waals surface area contributed by atoms with Gasteiger partial charge in [-0.2, -0.15) is 0 Å². The predicted octanol–water partition coefficient (Wildman–Crippen LogP) is 15.2. The summed E-state index contributed by atoms with van der Waals surface area (Å²) in [6.07, 6.45) is 54.3. The average molecular weight is 899 g/mol. The molecule has 0 saturated carbocycles. The van der Waals surface area contributed by atoms with Gasteiger partial charge in [-0.05, 0) is 19.3 Å². The highest BCUT2D eigenvalue weighted by atomic mass is 31.2. The summed E-state index contributed by atoms with van der Waals surface area (Å²) in [5.74, 6) is -0.192. The Bertz CT molecular complexity index is 1020. The number of unbranched alkanes of at least 4 members (excludes halogenated alkanes) is 37. The number of carbonyl (C=O) groups is 1. The largest absolute Gasteiger partial charge is 0.756 e. The van der Waals surface area contributed by atoms with Crippen molar-refractivity contribution < 1.29 is 32.9 Å². The van der Waals surface area contributed by atoms with Crippen molar-refractivity contribution in [2.24, 2.45) is 0 Å². The molecule has 0 aromatic rings. The molecule has 62 heavy (non-hydrogen) atoms. The van der Waals surface area contributed by atoms with Gasteiger partial charge in [0.05, 0.1) is 39.9 Å². The van der Waals surface area contributed by atoms with Crippen LogP contribution in [0.1, 0.15) is 271 Å². The highest BCUT2D eigenvalue weighted by molar-refractivity contribution is 7.45. The minimum absolute atomic E-state index is 0.00225. The lowest BCUT2D eigenvalue weighted by molar-refractivity contribution is -0.870. The highest BCUT2D eigenvalue weighted by Crippen LogP contribution is 2.38. The molecule has 0 bridgehead atoms. The Hall–Kier alpha value is -0.760. The van der Waals surface area contributed by atoms with E-state index in [9.17, 15) is 19.4 Å². The Morgan fingerprint density at radius 1 is 0.548 bits per heavy atom. The van der Waals surface area contributed by atoms with E-state index in [1.165, 1.54) is 212 Å². The summed E-state index contributed by atoms with van der Waals surface area (Å²) in [5.41, 5.74) is 0. The van der Waals surface area contributed by atoms with Gasteiger partial charge in [0, 0.05) is 6.42 Å². The maximum atomic E-state index is 12.9. The van der Waals surface area contributed by atoms with Gasteiger partial charge in [0.1, 0.15) is 13.2 Å². The number of hydrogen-bond donors (Lipinski definition) is 2. The molecule has 0 radical (unpaired) electrons. The van der Waals surface area contributed by atoms with E-state index in [1.54, 1.807) is 6.08 Å². The summed E-state index contributed by atoms with van der Waals surface area (Å²) >= 11 is 0. The fourth-order valence-electron chi connectivity index (χ4n) is 8.21. The number of amides is 1. The van der Waals surface area contributed by atoms with Crippen LogP contribution >= 0.6 is 7.82 Å². The lowest BCUT2D eigenvalue weighted by atomic mass is 10.0. The van der Waals surface area contributed by atoms with Gasteiger partial charge in [0.2, 0.25) is 5.91 Å². The third-order valence-corrected chi connectivity index (χ3v) is 13.5. The molecule has 370 valence electrons. The van der Waals surface area contributed by atoms with E-state index in [0.29, 0.717) is 17.4 Å². The third kappa shape index (κ3) is 47.2. The van der Waals surface area contributed by atoms with Gasteiger partial charge in [0.25, 0.3) is 7.82 Å². The molecule has 3 atom stereocenters. The van der Waals surface area contributed by atoms with Gasteiger partial charge >= 0.3 is 0 Å². The number of phosphoric ester groups is 1. The van der Waals surface area contributed by atoms with Crippen molar-refractivity contribution in [3.8, 4) is 0 Å². The number of aliphatic hydroxyl groups is 1. The zero-order valence-electron chi connectivity index (χ0n) is 42.1. The van der Waals surface area contributed by atoms with Crippen LogP contribution in [0.4, 0.5) is 0 Å². The van der Waals surface area contributed by atoms with Crippen LogP contribution in [-0.4, -0.2) is 68.5 Å². The van der Waals surface area contributed by atoms with Crippen molar-refractivity contribution in [3.05, 3.63) is 12.2 Å². The Morgan fingerprint density at radius 2 is 0.871 bits per heavy atom. The molecular weight excluding hydrogens is 792 g/mol. The SMILES string of the molecule is CCCCCCCCCCCC/C=C/C(O)C(COP(=O)([O-])OCC[N+](C)(C)C)NC(=O)CCCCCCCCCCCCCCCCCCCCCCCCCCCCCC. The van der Waals surface area contributed by atoms with Crippen molar-refractivity contribution in [2.45, 2.75) is 283 Å². The molecule has 0 aromatic carbocycles. The Morgan fingerprint density at radius 3 is 1.21 bits per heavy atom. The van der Waals surface area contributed by atoms with Crippen LogP contribution in [0.25, 0.3) is 0 Å². The van der Waals surface area contributed by atoms with Crippen LogP contribution in [0.2, 0.25) is 0 Å². The lowest BCUT2D eigenvalue weighted by Gasteiger charge is -2.29. The minimum atomic E-state index is -4.58. The fourth-order valence-corrected chi connectivity index (χ4v) is 8.94. The monoisotopic (exact) mass is 899 g/mol. The molecule has 0 spiro atoms. The quantitative estimate of drug-likeness (QED) is 0.0272. The van der Waals surface area contributed by atoms with Crippen LogP contribution in [0.15, 0.2) is 12.2 Å². The third-order valence-electron chi connectivity index (χ3n) is 12.5. The summed E-state index contributed by atoms with van der Waals surface area (Å²) in [4.78, 5) is 25.4. The van der Waals surface area contributed by atoms with Gasteiger partial charge < -0.3 is 28.8 Å². The summed E-state index contributed by atoms with van der Waals surface area (Å²) in [5, 5.41) is 13.8. The van der Waals surface area contributed by atoms with E-state index in [1.807, 2.05) is 27.2 Å². The molecule has 0 aliphatic carbocycles. The first-order valence-corrected chi connectivity index (χ1v) is 28.5. The number of aliphatic hydroxyl groups excluding tert-OH is 1. The molecule has 0 aromatic heterocycles. The van der Waals surface area contributed by atoms with Gasteiger partial charge in [-0.25, -0.2) is 0 Å². The summed E-state index contributed by atoms with van der Waals surface area (Å²) in [6.45, 7) is 4.67. The van der Waals surface area contributed by atoms with Crippen molar-refractivity contribution >= 4 is 13.7 Å². The predicted molar refractivity (Wildman–Crippen MR) is 266 cm³/mol. The second kappa shape index (κ2) is 45.4. The molecule has 0 fully saturated rings. The molecule has 9 heteroatoms. The van der Waals surface area contributed by atoms with Crippen LogP contribution < -0.4 is 10.2 Å². The van der Waals surface area contributed by atoms with E-state index in [0.717, 1.165) is 38.5 Å². The van der Waals surface area contributed by atoms with E-state index in [-0.39, 0.29) is 19.1 Å². The van der Waals surface area contributed by atoms with Crippen molar-refractivity contribution in [1.82, 2.24) is 5.32 Å². The number of carbonyl (C=O) groups excluding carboxylic acids is 1. The smallest absolute Gasteiger partial charge is 0.268 e. The van der Waals surface area contributed by atoms with Gasteiger partial charge in [-0.1, -0.05) is 257 Å². The number of rotatable bonds is 50. The summed E-state index contributed by atoms with van der Waals surface area (Å²) in [6, 6.07) is -0.880. The molecule has 0 aliphatic rings. The molecule has 0 aliphatic heterocycles. The van der Waals surface area contributed by atoms with Crippen LogP contribution in [0, 0.1) is 0 Å². The Balaban J connectivity index is 4.05. The second-order valence-corrected chi connectivity index (χ2v) is 21.4. The maximum absolute atomic E-state index is 12.9. The van der Waals surface area contributed by atoms with Gasteiger partial charge in [-0.15, -0.1) is 0 Å². The molecule has 1 amide bonds. The second-order valence-electron chi connectivity index (χ2n) is 19.9. The summed E-state index contributed by atoms with van der Waals surface area (Å²) < 4.78 is 23.3. The normalized spacial score (nSPS) is 14.1. The van der Waals surface area contributed by atoms with Crippen LogP contribution in [0.5, 0.6) is 0 Å². The van der Waals surface area contributed by atoms with Crippen LogP contribution in [-0.2, 0) is 18.4 Å². The molecule has 3 unspecified atom stereocenters. The van der Waals surface area contributed by atoms with Crippen LogP contribution in [0.3, 0.4) is 0 Å². The van der Waals surface area contributed by atoms with Crippen molar-refractivity contribution in [3.63, 3.8) is 0 Å². The lowest BCUT2D eigenvalue weighted by Crippen LogP contribution is -2.45. The molecule has 0 rings (SSSR count). The minimum Gasteiger partial charge on any atom is -0.756 e. The standard InChI is InChI=1S/C53H107N2O6P/c1-6-8-10-12-14-16-18-20-21-22-23-24-25-26-27-28-29-30-31-32-33-34-35-37-39-41-43-45-47-53(57)54-51(50-61-62(58,59)60-49-48-55(3,4)5)52(56)46-44-42-40-38-36-19-17-15-13-11-9-7-2/h44,46,51-52,56H,6-43,45,47-50H2,1-5H3,(H-,54,57,58,59)/b46-44+. The number of nitrogens with zero attached hydrogens (tertiary/aromatic N) is 1. The summed E-state index contributed by atoms with van der Waals surface area (Å²) in [7, 11) is 1.27. The number of likely N-dealkylation sites (N-methyl/N-ethyl adjacent to an activating group) is 1. The van der Waals surface area contributed by atoms with E-state index in [2.05, 4.69) is 19.2 Å². The molecule has 2 N–H and O–H groups in total. The highest BCUT2D eigenvalue weighted by Gasteiger charge is 2.23. The molecule has 0 heterocycles. The first kappa shape index (κ1) is 61.2. The molecular formula is C53H107N2O6P. The van der Waals surface area contributed by atoms with Gasteiger partial charge in [0.15, 0.2) is 0 Å². The van der Waals surface area contributed by atoms with Gasteiger partial charge in [-0.3, -0.25) is 9.36 Å². The number of allylic oxidation sites excluding steroid dienone is 1. The Kier molecular flexibility index (Phi) is 44.8. The molecule has 8 nitrogen and oxygen atoms in total. The topological polar surface area (TPSA) is 108 Å². The Labute approximate surface area is 386 Å². The fraction of sp³-hybridized carbons (Fsp3) is 0.943. The number of hydrogen-bond acceptors (Lipinski definition) is 6. The van der Waals surface area contributed by atoms with E-state index >= 15 is 0 Å². The average Bonchev–Trinajstić information content (AvgIpc) is 3.23.